The highest BCUT2D eigenvalue weighted by atomic mass is 16.7. The average molecular weight is 935 g/mol. The molecule has 4 aliphatic heterocycles. The number of fused-ring (bicyclic) bond motifs is 1. The number of carbonyl (C=O) groups is 2. The van der Waals surface area contributed by atoms with Crippen LogP contribution in [0, 0.1) is 17.8 Å². The zero-order chi connectivity index (χ0) is 49.1. The summed E-state index contributed by atoms with van der Waals surface area (Å²) in [6, 6.07) is 4.19. The molecule has 374 valence electrons. The van der Waals surface area contributed by atoms with Crippen LogP contribution in [0.15, 0.2) is 36.4 Å². The summed E-state index contributed by atoms with van der Waals surface area (Å²) in [7, 11) is 4.90. The number of likely N-dealkylation sites (N-methyl/N-ethyl adjacent to an activating group) is 2. The minimum Gasteiger partial charge on any atom is -0.459 e. The molecule has 0 aromatic heterocycles. The lowest BCUT2D eigenvalue weighted by Crippen LogP contribution is -2.61. The number of aliphatic hydroxyl groups excluding tert-OH is 3. The zero-order valence-corrected chi connectivity index (χ0v) is 41.2. The van der Waals surface area contributed by atoms with E-state index in [4.69, 9.17) is 37.9 Å². The summed E-state index contributed by atoms with van der Waals surface area (Å²) in [6.45, 7) is 17.8. The SMILES string of the molecule is CC[C@@H]1OC(=O)[C@@H](C)[C@H](O[C@@H]2C[C@](C)(OC)[C@H](O)[C@@H](C)O2)[C@@H](C)[C@H](O[C@H]2O[C@@H](C)C[C@@H](N(C)C(=O)/C=C/C=C/c3ccc4c(c3)OCO4)[C@@H]2O)C(C)(O)C[C@H](C)CN(C)[C@@H](C)[C@H](O)[C@@]1(C)O. The van der Waals surface area contributed by atoms with E-state index in [2.05, 4.69) is 0 Å². The van der Waals surface area contributed by atoms with Crippen LogP contribution in [-0.2, 0) is 38.0 Å². The van der Waals surface area contributed by atoms with E-state index in [-0.39, 0.29) is 44.3 Å². The van der Waals surface area contributed by atoms with Crippen LogP contribution in [0.5, 0.6) is 11.5 Å². The monoisotopic (exact) mass is 935 g/mol. The minimum atomic E-state index is -1.85. The number of benzene rings is 1. The van der Waals surface area contributed by atoms with Crippen LogP contribution in [0.25, 0.3) is 6.08 Å². The zero-order valence-electron chi connectivity index (χ0n) is 41.2. The molecule has 0 saturated carbocycles. The first-order valence-corrected chi connectivity index (χ1v) is 23.4. The third-order valence-electron chi connectivity index (χ3n) is 14.4. The van der Waals surface area contributed by atoms with E-state index in [1.165, 1.54) is 25.0 Å². The number of cyclic esters (lactones) is 1. The molecule has 66 heavy (non-hydrogen) atoms. The number of aliphatic hydroxyl groups is 5. The maximum atomic E-state index is 14.4. The van der Waals surface area contributed by atoms with Gasteiger partial charge in [-0.15, -0.1) is 0 Å². The Kier molecular flexibility index (Phi) is 18.0. The Morgan fingerprint density at radius 3 is 2.30 bits per heavy atom. The number of esters is 1. The first-order valence-electron chi connectivity index (χ1n) is 23.4. The summed E-state index contributed by atoms with van der Waals surface area (Å²) in [4.78, 5) is 31.4. The summed E-state index contributed by atoms with van der Waals surface area (Å²) >= 11 is 0. The second kappa shape index (κ2) is 22.0. The number of ether oxygens (including phenoxy) is 8. The van der Waals surface area contributed by atoms with E-state index in [1.54, 1.807) is 67.7 Å². The lowest BCUT2D eigenvalue weighted by atomic mass is 9.77. The smallest absolute Gasteiger partial charge is 0.311 e. The van der Waals surface area contributed by atoms with Crippen molar-refractivity contribution in [1.82, 2.24) is 9.80 Å². The van der Waals surface area contributed by atoms with Gasteiger partial charge in [-0.05, 0) is 98.4 Å². The van der Waals surface area contributed by atoms with Gasteiger partial charge in [0.05, 0.1) is 47.6 Å². The molecule has 4 aliphatic rings. The van der Waals surface area contributed by atoms with Crippen molar-refractivity contribution in [3.8, 4) is 11.5 Å². The summed E-state index contributed by atoms with van der Waals surface area (Å²) in [6.07, 6.45) is -3.44. The van der Waals surface area contributed by atoms with Gasteiger partial charge in [-0.25, -0.2) is 0 Å². The van der Waals surface area contributed by atoms with Gasteiger partial charge >= 0.3 is 5.97 Å². The molecular weight excluding hydrogens is 857 g/mol. The quantitative estimate of drug-likeness (QED) is 0.128. The molecule has 5 N–H and O–H groups in total. The molecule has 4 heterocycles. The topological polar surface area (TPSA) is 216 Å². The Labute approximate surface area is 390 Å². The van der Waals surface area contributed by atoms with Crippen molar-refractivity contribution in [2.75, 3.05) is 34.5 Å². The van der Waals surface area contributed by atoms with Crippen molar-refractivity contribution in [3.05, 3.63) is 42.0 Å². The lowest BCUT2D eigenvalue weighted by molar-refractivity contribution is -0.317. The Morgan fingerprint density at radius 2 is 1.64 bits per heavy atom. The van der Waals surface area contributed by atoms with Crippen LogP contribution in [0.3, 0.4) is 0 Å². The summed E-state index contributed by atoms with van der Waals surface area (Å²) < 4.78 is 48.8. The number of hydrogen-bond acceptors (Lipinski definition) is 16. The fourth-order valence-corrected chi connectivity index (χ4v) is 10.2. The van der Waals surface area contributed by atoms with Crippen LogP contribution in [0.4, 0.5) is 0 Å². The Balaban J connectivity index is 1.48. The number of methoxy groups -OCH3 is 1. The fraction of sp³-hybridized carbons (Fsp3) is 0.755. The highest BCUT2D eigenvalue weighted by Crippen LogP contribution is 2.40. The molecule has 3 fully saturated rings. The predicted octanol–water partition coefficient (Wildman–Crippen LogP) is 3.80. The molecule has 1 aromatic carbocycles. The second-order valence-corrected chi connectivity index (χ2v) is 20.0. The molecule has 0 aliphatic carbocycles. The van der Waals surface area contributed by atoms with Gasteiger partial charge in [-0.3, -0.25) is 9.59 Å². The summed E-state index contributed by atoms with van der Waals surface area (Å²) in [5.41, 5.74) is -3.76. The third-order valence-corrected chi connectivity index (χ3v) is 14.4. The van der Waals surface area contributed by atoms with Crippen LogP contribution in [0.2, 0.25) is 0 Å². The number of amides is 1. The number of allylic oxidation sites excluding steroid dienone is 2. The van der Waals surface area contributed by atoms with Crippen molar-refractivity contribution < 1.29 is 73.0 Å². The normalized spacial score (nSPS) is 42.2. The van der Waals surface area contributed by atoms with Gasteiger partial charge in [-0.1, -0.05) is 45.1 Å². The molecule has 0 radical (unpaired) electrons. The summed E-state index contributed by atoms with van der Waals surface area (Å²) in [5.74, 6) is -1.98. The van der Waals surface area contributed by atoms with Crippen molar-refractivity contribution in [2.45, 2.75) is 185 Å². The van der Waals surface area contributed by atoms with E-state index in [0.717, 1.165) is 5.56 Å². The lowest BCUT2D eigenvalue weighted by Gasteiger charge is -2.49. The molecule has 0 spiro atoms. The number of carbonyl (C=O) groups excluding carboxylic acids is 2. The van der Waals surface area contributed by atoms with Crippen LogP contribution >= 0.6 is 0 Å². The third kappa shape index (κ3) is 12.1. The Bertz CT molecular complexity index is 1840. The molecule has 17 heteroatoms. The van der Waals surface area contributed by atoms with Gasteiger partial charge in [-0.2, -0.15) is 0 Å². The molecule has 1 amide bonds. The van der Waals surface area contributed by atoms with Crippen LogP contribution in [-0.4, -0.2) is 172 Å². The van der Waals surface area contributed by atoms with E-state index < -0.39 is 108 Å². The Morgan fingerprint density at radius 1 is 0.955 bits per heavy atom. The molecule has 1 aromatic rings. The largest absolute Gasteiger partial charge is 0.459 e. The predicted molar refractivity (Wildman–Crippen MR) is 244 cm³/mol. The van der Waals surface area contributed by atoms with Crippen LogP contribution in [0.1, 0.15) is 100 Å². The van der Waals surface area contributed by atoms with Gasteiger partial charge in [0.25, 0.3) is 0 Å². The molecule has 18 atom stereocenters. The van der Waals surface area contributed by atoms with Gasteiger partial charge in [0.2, 0.25) is 12.7 Å². The second-order valence-electron chi connectivity index (χ2n) is 20.0. The van der Waals surface area contributed by atoms with Crippen molar-refractivity contribution in [3.63, 3.8) is 0 Å². The Hall–Kier alpha value is -3.20. The van der Waals surface area contributed by atoms with E-state index in [1.807, 2.05) is 50.1 Å². The van der Waals surface area contributed by atoms with Gasteiger partial charge in [0, 0.05) is 45.2 Å². The molecule has 1 unspecified atom stereocenters. The molecule has 5 rings (SSSR count). The highest BCUT2D eigenvalue weighted by Gasteiger charge is 2.53. The average Bonchev–Trinajstić information content (AvgIpc) is 3.74. The van der Waals surface area contributed by atoms with Gasteiger partial charge in [0.15, 0.2) is 24.1 Å². The van der Waals surface area contributed by atoms with E-state index in [0.29, 0.717) is 18.0 Å². The van der Waals surface area contributed by atoms with Crippen LogP contribution < -0.4 is 9.47 Å². The van der Waals surface area contributed by atoms with E-state index in [9.17, 15) is 35.1 Å². The fourth-order valence-electron chi connectivity index (χ4n) is 10.2. The van der Waals surface area contributed by atoms with Crippen molar-refractivity contribution in [1.29, 1.82) is 0 Å². The van der Waals surface area contributed by atoms with E-state index >= 15 is 0 Å². The van der Waals surface area contributed by atoms with Gasteiger partial charge in [0.1, 0.15) is 30.0 Å². The number of rotatable bonds is 10. The number of hydrogen-bond donors (Lipinski definition) is 5. The van der Waals surface area contributed by atoms with Crippen molar-refractivity contribution >= 4 is 18.0 Å². The molecule has 17 nitrogen and oxygen atoms in total. The first kappa shape index (κ1) is 53.8. The van der Waals surface area contributed by atoms with Crippen molar-refractivity contribution in [2.24, 2.45) is 17.8 Å². The molecular formula is C49H78N2O15. The van der Waals surface area contributed by atoms with Gasteiger partial charge < -0.3 is 73.2 Å². The standard InChI is InChI=1S/C49H78N2O15/c1-14-37-49(10,58)42(54)31(6)50(11)25-27(2)23-47(8,57)44(29(4)41(30(5)45(56)64-37)65-39-24-48(9,59-13)43(55)32(7)63-39)66-46-40(53)34(21-28(3)62-46)51(12)38(52)18-16-15-17-33-19-20-35-36(22-33)61-26-60-35/h15-20,22,27-32,34,37,39-44,46,53-55,57-58H,14,21,23-26H2,1-13H3/b17-15+,18-16+/t27-,28-,29+,30-,31-,32+,34+,37-,39+,40-,41+,42-,43+,44-,46+,47?,48-,49-/m0/s1. The first-order chi connectivity index (χ1) is 30.8. The molecule has 0 bridgehead atoms. The summed E-state index contributed by atoms with van der Waals surface area (Å²) in [5, 5.41) is 59.3. The number of nitrogens with zero attached hydrogens (tertiary/aromatic N) is 2. The maximum Gasteiger partial charge on any atom is 0.311 e. The highest BCUT2D eigenvalue weighted by molar-refractivity contribution is 5.88. The minimum absolute atomic E-state index is 0.0777. The molecule has 3 saturated heterocycles. The maximum absolute atomic E-state index is 14.4.